The molecule has 8 nitrogen and oxygen atoms in total. The number of hydrogen-bond acceptors (Lipinski definition) is 4. The molecular formula is C12H18N4O4. The number of nitrogens with zero attached hydrogens (tertiary/aromatic N) is 3. The first kappa shape index (κ1) is 14.3. The first-order chi connectivity index (χ1) is 9.56. The van der Waals surface area contributed by atoms with Gasteiger partial charge in [0.15, 0.2) is 6.10 Å². The van der Waals surface area contributed by atoms with E-state index < -0.39 is 12.1 Å². The quantitative estimate of drug-likeness (QED) is 0.773. The van der Waals surface area contributed by atoms with Crippen LogP contribution in [0.5, 0.6) is 0 Å². The molecule has 2 amide bonds. The summed E-state index contributed by atoms with van der Waals surface area (Å²) in [6.07, 6.45) is 1.54. The van der Waals surface area contributed by atoms with Crippen LogP contribution in [-0.2, 0) is 23.0 Å². The van der Waals surface area contributed by atoms with Gasteiger partial charge in [-0.15, -0.1) is 0 Å². The minimum atomic E-state index is -1.05. The molecule has 20 heavy (non-hydrogen) atoms. The fourth-order valence-corrected chi connectivity index (χ4v) is 1.99. The van der Waals surface area contributed by atoms with Crippen LogP contribution in [0, 0.1) is 0 Å². The fraction of sp³-hybridized carbons (Fsp3) is 0.583. The molecule has 1 aromatic rings. The normalized spacial score (nSPS) is 18.9. The van der Waals surface area contributed by atoms with E-state index in [2.05, 4.69) is 10.4 Å². The van der Waals surface area contributed by atoms with Crippen LogP contribution >= 0.6 is 0 Å². The molecule has 0 aromatic carbocycles. The number of carbonyl (C=O) groups is 2. The molecule has 1 fully saturated rings. The highest BCUT2D eigenvalue weighted by molar-refractivity contribution is 5.77. The molecule has 1 unspecified atom stereocenters. The van der Waals surface area contributed by atoms with Crippen LogP contribution in [-0.4, -0.2) is 64.1 Å². The molecule has 8 heteroatoms. The van der Waals surface area contributed by atoms with Crippen LogP contribution < -0.4 is 5.32 Å². The lowest BCUT2D eigenvalue weighted by Gasteiger charge is -2.30. The van der Waals surface area contributed by atoms with Crippen LogP contribution in [0.4, 0.5) is 4.79 Å². The van der Waals surface area contributed by atoms with E-state index in [9.17, 15) is 9.59 Å². The Morgan fingerprint density at radius 3 is 3.05 bits per heavy atom. The van der Waals surface area contributed by atoms with Gasteiger partial charge in [-0.05, 0) is 6.07 Å². The van der Waals surface area contributed by atoms with Crippen molar-refractivity contribution in [2.24, 2.45) is 7.05 Å². The lowest BCUT2D eigenvalue weighted by atomic mass is 10.3. The summed E-state index contributed by atoms with van der Waals surface area (Å²) in [5.74, 6) is -1.05. The van der Waals surface area contributed by atoms with Gasteiger partial charge < -0.3 is 20.1 Å². The van der Waals surface area contributed by atoms with Crippen molar-refractivity contribution in [1.82, 2.24) is 20.0 Å². The predicted octanol–water partition coefficient (Wildman–Crippen LogP) is -0.542. The van der Waals surface area contributed by atoms with E-state index in [-0.39, 0.29) is 19.2 Å². The molecule has 2 heterocycles. The Morgan fingerprint density at radius 2 is 2.40 bits per heavy atom. The van der Waals surface area contributed by atoms with Crippen LogP contribution in [0.3, 0.4) is 0 Å². The zero-order valence-corrected chi connectivity index (χ0v) is 11.3. The number of aryl methyl sites for hydroxylation is 1. The van der Waals surface area contributed by atoms with Gasteiger partial charge in [-0.1, -0.05) is 0 Å². The smallest absolute Gasteiger partial charge is 0.334 e. The molecular weight excluding hydrogens is 264 g/mol. The van der Waals surface area contributed by atoms with Crippen LogP contribution in [0.25, 0.3) is 0 Å². The lowest BCUT2D eigenvalue weighted by molar-refractivity contribution is -0.154. The third-order valence-corrected chi connectivity index (χ3v) is 3.06. The number of rotatable bonds is 4. The van der Waals surface area contributed by atoms with Gasteiger partial charge in [-0.2, -0.15) is 5.10 Å². The van der Waals surface area contributed by atoms with Crippen molar-refractivity contribution in [2.75, 3.05) is 26.2 Å². The topological polar surface area (TPSA) is 96.7 Å². The number of hydrogen-bond donors (Lipinski definition) is 2. The summed E-state index contributed by atoms with van der Waals surface area (Å²) in [6, 6.07) is 1.62. The Kier molecular flexibility index (Phi) is 4.57. The second-order valence-corrected chi connectivity index (χ2v) is 4.61. The van der Waals surface area contributed by atoms with Crippen molar-refractivity contribution in [3.05, 3.63) is 18.0 Å². The molecule has 110 valence electrons. The summed E-state index contributed by atoms with van der Waals surface area (Å²) in [5, 5.41) is 15.8. The molecule has 2 N–H and O–H groups in total. The number of amides is 2. The van der Waals surface area contributed by atoms with Gasteiger partial charge in [-0.3, -0.25) is 4.68 Å². The maximum absolute atomic E-state index is 11.9. The van der Waals surface area contributed by atoms with Crippen molar-refractivity contribution >= 4 is 12.0 Å². The zero-order valence-electron chi connectivity index (χ0n) is 11.3. The van der Waals surface area contributed by atoms with Crippen LogP contribution in [0.15, 0.2) is 12.3 Å². The summed E-state index contributed by atoms with van der Waals surface area (Å²) >= 11 is 0. The zero-order chi connectivity index (χ0) is 14.5. The number of carboxylic acids is 1. The third kappa shape index (κ3) is 3.70. The molecule has 1 aromatic heterocycles. The van der Waals surface area contributed by atoms with Crippen LogP contribution in [0.2, 0.25) is 0 Å². The van der Waals surface area contributed by atoms with E-state index in [0.29, 0.717) is 19.5 Å². The van der Waals surface area contributed by atoms with E-state index in [1.165, 1.54) is 4.90 Å². The fourth-order valence-electron chi connectivity index (χ4n) is 1.99. The number of aromatic nitrogens is 2. The number of aliphatic carboxylic acids is 1. The molecule has 2 rings (SSSR count). The van der Waals surface area contributed by atoms with Gasteiger partial charge in [0, 0.05) is 32.8 Å². The molecule has 0 aliphatic carbocycles. The van der Waals surface area contributed by atoms with Crippen LogP contribution in [0.1, 0.15) is 5.69 Å². The number of ether oxygens (including phenoxy) is 1. The monoisotopic (exact) mass is 282 g/mol. The van der Waals surface area contributed by atoms with E-state index in [1.54, 1.807) is 4.68 Å². The molecule has 0 radical (unpaired) electrons. The van der Waals surface area contributed by atoms with Gasteiger partial charge in [0.2, 0.25) is 0 Å². The van der Waals surface area contributed by atoms with Gasteiger partial charge in [0.25, 0.3) is 0 Å². The van der Waals surface area contributed by atoms with Crippen molar-refractivity contribution in [2.45, 2.75) is 12.5 Å². The Bertz CT molecular complexity index is 488. The SMILES string of the molecule is Cn1ccc(CCNC(=O)N2CCOC(C(=O)O)C2)n1. The summed E-state index contributed by atoms with van der Waals surface area (Å²) in [5.41, 5.74) is 0.901. The van der Waals surface area contributed by atoms with Crippen molar-refractivity contribution < 1.29 is 19.4 Å². The Labute approximate surface area is 116 Å². The molecule has 0 bridgehead atoms. The number of urea groups is 1. The molecule has 1 saturated heterocycles. The van der Waals surface area contributed by atoms with Gasteiger partial charge in [0.1, 0.15) is 0 Å². The summed E-state index contributed by atoms with van der Waals surface area (Å²) in [4.78, 5) is 24.2. The predicted molar refractivity (Wildman–Crippen MR) is 69.3 cm³/mol. The number of carboxylic acid groups (broad SMARTS) is 1. The first-order valence-corrected chi connectivity index (χ1v) is 6.42. The van der Waals surface area contributed by atoms with E-state index in [4.69, 9.17) is 9.84 Å². The summed E-state index contributed by atoms with van der Waals surface area (Å²) < 4.78 is 6.77. The lowest BCUT2D eigenvalue weighted by Crippen LogP contribution is -2.52. The molecule has 0 saturated carbocycles. The second-order valence-electron chi connectivity index (χ2n) is 4.61. The average molecular weight is 282 g/mol. The van der Waals surface area contributed by atoms with Gasteiger partial charge in [-0.25, -0.2) is 9.59 Å². The number of nitrogens with one attached hydrogen (secondary N) is 1. The number of morpholine rings is 1. The molecule has 0 spiro atoms. The highest BCUT2D eigenvalue weighted by atomic mass is 16.5. The maximum Gasteiger partial charge on any atom is 0.334 e. The van der Waals surface area contributed by atoms with Crippen molar-refractivity contribution in [3.63, 3.8) is 0 Å². The van der Waals surface area contributed by atoms with Crippen molar-refractivity contribution in [1.29, 1.82) is 0 Å². The van der Waals surface area contributed by atoms with E-state index in [0.717, 1.165) is 5.69 Å². The first-order valence-electron chi connectivity index (χ1n) is 6.42. The Hall–Kier alpha value is -2.09. The van der Waals surface area contributed by atoms with Gasteiger partial charge in [0.05, 0.1) is 18.8 Å². The highest BCUT2D eigenvalue weighted by Crippen LogP contribution is 2.05. The van der Waals surface area contributed by atoms with Gasteiger partial charge >= 0.3 is 12.0 Å². The second kappa shape index (κ2) is 6.38. The Morgan fingerprint density at radius 1 is 1.60 bits per heavy atom. The van der Waals surface area contributed by atoms with E-state index in [1.807, 2.05) is 19.3 Å². The molecule has 1 aliphatic rings. The minimum absolute atomic E-state index is 0.0742. The van der Waals surface area contributed by atoms with E-state index >= 15 is 0 Å². The van der Waals surface area contributed by atoms with Crippen molar-refractivity contribution in [3.8, 4) is 0 Å². The number of carbonyl (C=O) groups excluding carboxylic acids is 1. The minimum Gasteiger partial charge on any atom is -0.479 e. The summed E-state index contributed by atoms with van der Waals surface area (Å²) in [7, 11) is 1.84. The third-order valence-electron chi connectivity index (χ3n) is 3.06. The molecule has 1 atom stereocenters. The molecule has 1 aliphatic heterocycles. The highest BCUT2D eigenvalue weighted by Gasteiger charge is 2.28. The Balaban J connectivity index is 1.75. The average Bonchev–Trinajstić information content (AvgIpc) is 2.84. The summed E-state index contributed by atoms with van der Waals surface area (Å²) in [6.45, 7) is 1.18. The largest absolute Gasteiger partial charge is 0.479 e. The maximum atomic E-state index is 11.9. The standard InChI is InChI=1S/C12H18N4O4/c1-15-5-3-9(14-15)2-4-13-12(19)16-6-7-20-10(8-16)11(17)18/h3,5,10H,2,4,6-8H2,1H3,(H,13,19)(H,17,18).